The first-order chi connectivity index (χ1) is 11.6. The van der Waals surface area contributed by atoms with E-state index in [9.17, 15) is 14.7 Å². The fourth-order valence-electron chi connectivity index (χ4n) is 3.15. The van der Waals surface area contributed by atoms with Crippen LogP contribution in [0.15, 0.2) is 54.6 Å². The smallest absolute Gasteiger partial charge is 0.309 e. The number of likely N-dealkylation sites (tertiary alicyclic amines) is 1. The van der Waals surface area contributed by atoms with Gasteiger partial charge in [-0.3, -0.25) is 9.59 Å². The van der Waals surface area contributed by atoms with Crippen LogP contribution in [-0.4, -0.2) is 35.5 Å². The molecule has 1 saturated heterocycles. The lowest BCUT2D eigenvalue weighted by Crippen LogP contribution is -2.26. The summed E-state index contributed by atoms with van der Waals surface area (Å²) in [6.07, 6.45) is 0. The number of rotatable bonds is 5. The van der Waals surface area contributed by atoms with Crippen molar-refractivity contribution >= 4 is 11.9 Å². The first-order valence-electron chi connectivity index (χ1n) is 7.79. The standard InChI is InChI=1S/C19H19NO4/c1-24-15-9-7-13(8-10-15)11-20-12-16(19(22)23)17(18(20)21)14-5-3-2-4-6-14/h2-10,16-17H,11-12H2,1H3,(H,22,23)/t16-,17+/m0/s1. The predicted octanol–water partition coefficient (Wildman–Crippen LogP) is 2.52. The number of carboxylic acid groups (broad SMARTS) is 1. The highest BCUT2D eigenvalue weighted by Crippen LogP contribution is 2.35. The van der Waals surface area contributed by atoms with Crippen molar-refractivity contribution in [3.8, 4) is 5.75 Å². The molecule has 2 atom stereocenters. The molecule has 1 amide bonds. The molecule has 1 heterocycles. The number of carboxylic acids is 1. The summed E-state index contributed by atoms with van der Waals surface area (Å²) in [6.45, 7) is 0.621. The van der Waals surface area contributed by atoms with Crippen LogP contribution in [0.3, 0.4) is 0 Å². The number of amides is 1. The van der Waals surface area contributed by atoms with E-state index in [1.807, 2.05) is 54.6 Å². The van der Waals surface area contributed by atoms with Gasteiger partial charge in [0.05, 0.1) is 18.9 Å². The maximum Gasteiger partial charge on any atom is 0.309 e. The van der Waals surface area contributed by atoms with Crippen LogP contribution >= 0.6 is 0 Å². The SMILES string of the molecule is COc1ccc(CN2C[C@H](C(=O)O)[C@@H](c3ccccc3)C2=O)cc1. The maximum absolute atomic E-state index is 12.8. The van der Waals surface area contributed by atoms with Crippen LogP contribution < -0.4 is 4.74 Å². The predicted molar refractivity (Wildman–Crippen MR) is 88.7 cm³/mol. The number of hydrogen-bond acceptors (Lipinski definition) is 3. The molecule has 1 aliphatic rings. The molecule has 0 saturated carbocycles. The van der Waals surface area contributed by atoms with Crippen molar-refractivity contribution in [2.75, 3.05) is 13.7 Å². The summed E-state index contributed by atoms with van der Waals surface area (Å²) in [5.74, 6) is -1.67. The van der Waals surface area contributed by atoms with Crippen LogP contribution in [0.2, 0.25) is 0 Å². The lowest BCUT2D eigenvalue weighted by Gasteiger charge is -2.17. The minimum Gasteiger partial charge on any atom is -0.497 e. The van der Waals surface area contributed by atoms with Crippen molar-refractivity contribution in [3.63, 3.8) is 0 Å². The number of carbonyl (C=O) groups is 2. The third-order valence-corrected chi connectivity index (χ3v) is 4.41. The molecule has 0 spiro atoms. The molecule has 124 valence electrons. The molecule has 5 nitrogen and oxygen atoms in total. The molecule has 0 bridgehead atoms. The minimum atomic E-state index is -0.936. The summed E-state index contributed by atoms with van der Waals surface area (Å²) < 4.78 is 5.13. The molecule has 0 aliphatic carbocycles. The lowest BCUT2D eigenvalue weighted by molar-refractivity contribution is -0.142. The van der Waals surface area contributed by atoms with Crippen LogP contribution in [-0.2, 0) is 16.1 Å². The van der Waals surface area contributed by atoms with E-state index in [1.54, 1.807) is 12.0 Å². The molecule has 0 aromatic heterocycles. The van der Waals surface area contributed by atoms with Crippen LogP contribution in [0.25, 0.3) is 0 Å². The first kappa shape index (κ1) is 16.1. The van der Waals surface area contributed by atoms with Gasteiger partial charge in [-0.25, -0.2) is 0 Å². The zero-order valence-corrected chi connectivity index (χ0v) is 13.4. The Hall–Kier alpha value is -2.82. The fraction of sp³-hybridized carbons (Fsp3) is 0.263. The van der Waals surface area contributed by atoms with E-state index in [0.717, 1.165) is 16.9 Å². The summed E-state index contributed by atoms with van der Waals surface area (Å²) in [4.78, 5) is 26.0. The van der Waals surface area contributed by atoms with Gasteiger partial charge in [-0.2, -0.15) is 0 Å². The number of nitrogens with zero attached hydrogens (tertiary/aromatic N) is 1. The second-order valence-electron chi connectivity index (χ2n) is 5.90. The van der Waals surface area contributed by atoms with E-state index in [1.165, 1.54) is 0 Å². The lowest BCUT2D eigenvalue weighted by atomic mass is 9.88. The summed E-state index contributed by atoms with van der Waals surface area (Å²) in [7, 11) is 1.60. The normalized spacial score (nSPS) is 20.2. The number of carbonyl (C=O) groups excluding carboxylic acids is 1. The molecule has 5 heteroatoms. The van der Waals surface area contributed by atoms with Crippen LogP contribution in [0.4, 0.5) is 0 Å². The van der Waals surface area contributed by atoms with Crippen molar-refractivity contribution in [1.29, 1.82) is 0 Å². The van der Waals surface area contributed by atoms with Crippen molar-refractivity contribution in [1.82, 2.24) is 4.90 Å². The average molecular weight is 325 g/mol. The largest absolute Gasteiger partial charge is 0.497 e. The third-order valence-electron chi connectivity index (χ3n) is 4.41. The Kier molecular flexibility index (Phi) is 4.51. The number of benzene rings is 2. The van der Waals surface area contributed by atoms with E-state index in [4.69, 9.17) is 4.74 Å². The Balaban J connectivity index is 1.82. The Bertz CT molecular complexity index is 727. The highest BCUT2D eigenvalue weighted by Gasteiger charge is 2.45. The summed E-state index contributed by atoms with van der Waals surface area (Å²) in [5, 5.41) is 9.52. The molecule has 2 aromatic rings. The van der Waals surface area contributed by atoms with Gasteiger partial charge in [-0.1, -0.05) is 42.5 Å². The van der Waals surface area contributed by atoms with Gasteiger partial charge in [0.15, 0.2) is 0 Å². The first-order valence-corrected chi connectivity index (χ1v) is 7.79. The van der Waals surface area contributed by atoms with Crippen molar-refractivity contribution in [2.24, 2.45) is 5.92 Å². The number of methoxy groups -OCH3 is 1. The van der Waals surface area contributed by atoms with Gasteiger partial charge in [-0.15, -0.1) is 0 Å². The second-order valence-corrected chi connectivity index (χ2v) is 5.90. The third kappa shape index (κ3) is 3.11. The molecule has 3 rings (SSSR count). The molecule has 0 unspecified atom stereocenters. The molecule has 0 radical (unpaired) electrons. The van der Waals surface area contributed by atoms with E-state index in [-0.39, 0.29) is 12.5 Å². The maximum atomic E-state index is 12.8. The molecule has 1 aliphatic heterocycles. The Morgan fingerprint density at radius 2 is 1.83 bits per heavy atom. The van der Waals surface area contributed by atoms with Gasteiger partial charge < -0.3 is 14.7 Å². The highest BCUT2D eigenvalue weighted by molar-refractivity contribution is 5.92. The Morgan fingerprint density at radius 1 is 1.17 bits per heavy atom. The van der Waals surface area contributed by atoms with Crippen LogP contribution in [0, 0.1) is 5.92 Å². The summed E-state index contributed by atoms with van der Waals surface area (Å²) in [6, 6.07) is 16.6. The average Bonchev–Trinajstić information content (AvgIpc) is 2.93. The van der Waals surface area contributed by atoms with Gasteiger partial charge >= 0.3 is 5.97 Å². The molecule has 2 aromatic carbocycles. The molecular formula is C19H19NO4. The quantitative estimate of drug-likeness (QED) is 0.917. The van der Waals surface area contributed by atoms with Crippen molar-refractivity contribution < 1.29 is 19.4 Å². The fourth-order valence-corrected chi connectivity index (χ4v) is 3.15. The monoisotopic (exact) mass is 325 g/mol. The van der Waals surface area contributed by atoms with Gasteiger partial charge in [0, 0.05) is 13.1 Å². The molecule has 1 fully saturated rings. The Morgan fingerprint density at radius 3 is 2.42 bits per heavy atom. The molecule has 1 N–H and O–H groups in total. The van der Waals surface area contributed by atoms with Gasteiger partial charge in [0.25, 0.3) is 0 Å². The number of aliphatic carboxylic acids is 1. The summed E-state index contributed by atoms with van der Waals surface area (Å²) >= 11 is 0. The summed E-state index contributed by atoms with van der Waals surface area (Å²) in [5.41, 5.74) is 1.70. The van der Waals surface area contributed by atoms with E-state index < -0.39 is 17.8 Å². The highest BCUT2D eigenvalue weighted by atomic mass is 16.5. The number of ether oxygens (including phenoxy) is 1. The zero-order chi connectivity index (χ0) is 17.1. The van der Waals surface area contributed by atoms with Gasteiger partial charge in [0.2, 0.25) is 5.91 Å². The van der Waals surface area contributed by atoms with Gasteiger partial charge in [-0.05, 0) is 23.3 Å². The Labute approximate surface area is 140 Å². The topological polar surface area (TPSA) is 66.8 Å². The second kappa shape index (κ2) is 6.74. The van der Waals surface area contributed by atoms with E-state index >= 15 is 0 Å². The molecule has 24 heavy (non-hydrogen) atoms. The van der Waals surface area contributed by atoms with Crippen LogP contribution in [0.1, 0.15) is 17.0 Å². The van der Waals surface area contributed by atoms with E-state index in [0.29, 0.717) is 6.54 Å². The van der Waals surface area contributed by atoms with Crippen LogP contribution in [0.5, 0.6) is 5.75 Å². The van der Waals surface area contributed by atoms with Crippen molar-refractivity contribution in [2.45, 2.75) is 12.5 Å². The number of hydrogen-bond donors (Lipinski definition) is 1. The van der Waals surface area contributed by atoms with E-state index in [2.05, 4.69) is 0 Å². The van der Waals surface area contributed by atoms with Crippen molar-refractivity contribution in [3.05, 3.63) is 65.7 Å². The molecular weight excluding hydrogens is 306 g/mol. The van der Waals surface area contributed by atoms with Gasteiger partial charge in [0.1, 0.15) is 5.75 Å². The zero-order valence-electron chi connectivity index (χ0n) is 13.4. The minimum absolute atomic E-state index is 0.135.